The van der Waals surface area contributed by atoms with Crippen LogP contribution in [-0.2, 0) is 0 Å². The molecule has 0 bridgehead atoms. The molecule has 124 valence electrons. The summed E-state index contributed by atoms with van der Waals surface area (Å²) in [6.45, 7) is 7.49. The van der Waals surface area contributed by atoms with Crippen LogP contribution in [0.4, 0.5) is 0 Å². The van der Waals surface area contributed by atoms with Crippen molar-refractivity contribution in [2.24, 2.45) is 0 Å². The third kappa shape index (κ3) is 3.16. The quantitative estimate of drug-likeness (QED) is 0.818. The Hall–Kier alpha value is -1.36. The van der Waals surface area contributed by atoms with Crippen molar-refractivity contribution in [3.63, 3.8) is 0 Å². The molecule has 1 saturated heterocycles. The number of piperazine rings is 1. The zero-order chi connectivity index (χ0) is 15.9. The number of hydrogen-bond acceptors (Lipinski definition) is 4. The number of ketones is 2. The van der Waals surface area contributed by atoms with Crippen LogP contribution in [0.3, 0.4) is 0 Å². The highest BCUT2D eigenvalue weighted by Gasteiger charge is 2.35. The molecule has 6 heteroatoms. The summed E-state index contributed by atoms with van der Waals surface area (Å²) in [6.07, 6.45) is 0. The molecule has 1 aromatic rings. The molecule has 23 heavy (non-hydrogen) atoms. The third-order valence-electron chi connectivity index (χ3n) is 4.40. The second-order valence-corrected chi connectivity index (χ2v) is 6.36. The average Bonchev–Trinajstić information content (AvgIpc) is 2.53. The predicted octanol–water partition coefficient (Wildman–Crippen LogP) is 2.96. The Morgan fingerprint density at radius 1 is 0.957 bits per heavy atom. The van der Waals surface area contributed by atoms with Gasteiger partial charge in [0.25, 0.3) is 0 Å². The number of nitrogens with zero attached hydrogens (tertiary/aromatic N) is 2. The Bertz CT molecular complexity index is 662. The van der Waals surface area contributed by atoms with Gasteiger partial charge in [0, 0.05) is 43.3 Å². The molecule has 4 nitrogen and oxygen atoms in total. The molecule has 0 atom stereocenters. The summed E-state index contributed by atoms with van der Waals surface area (Å²) in [5.41, 5.74) is 1.23. The largest absolute Gasteiger partial charge is 0.364 e. The smallest absolute Gasteiger partial charge is 0.211 e. The van der Waals surface area contributed by atoms with Crippen LogP contribution in [0.25, 0.3) is 0 Å². The molecule has 3 rings (SSSR count). The molecular weight excluding hydrogens is 335 g/mol. The number of halogens is 2. The van der Waals surface area contributed by atoms with E-state index in [2.05, 4.69) is 18.7 Å². The topological polar surface area (TPSA) is 40.6 Å². The summed E-state index contributed by atoms with van der Waals surface area (Å²) < 4.78 is 0. The number of hydrogen-bond donors (Lipinski definition) is 0. The van der Waals surface area contributed by atoms with Crippen molar-refractivity contribution in [1.82, 2.24) is 9.80 Å². The summed E-state index contributed by atoms with van der Waals surface area (Å²) in [5, 5.41) is 0.0571. The number of Topliss-reactive ketones (excluding diaryl/α,β-unsaturated/α-hetero) is 2. The molecule has 1 fully saturated rings. The van der Waals surface area contributed by atoms with Crippen molar-refractivity contribution in [2.75, 3.05) is 26.2 Å². The van der Waals surface area contributed by atoms with Gasteiger partial charge in [0.2, 0.25) is 11.6 Å². The van der Waals surface area contributed by atoms with Gasteiger partial charge < -0.3 is 4.90 Å². The van der Waals surface area contributed by atoms with Crippen LogP contribution >= 0.6 is 24.0 Å². The lowest BCUT2D eigenvalue weighted by Crippen LogP contribution is -2.50. The van der Waals surface area contributed by atoms with Gasteiger partial charge >= 0.3 is 0 Å². The van der Waals surface area contributed by atoms with E-state index >= 15 is 0 Å². The first-order valence-electron chi connectivity index (χ1n) is 7.58. The Labute approximate surface area is 147 Å². The monoisotopic (exact) mass is 354 g/mol. The van der Waals surface area contributed by atoms with E-state index in [1.807, 2.05) is 4.90 Å². The van der Waals surface area contributed by atoms with Crippen molar-refractivity contribution < 1.29 is 9.59 Å². The molecule has 1 aliphatic carbocycles. The molecule has 0 radical (unpaired) electrons. The predicted molar refractivity (Wildman–Crippen MR) is 93.5 cm³/mol. The molecule has 0 saturated carbocycles. The van der Waals surface area contributed by atoms with E-state index in [-0.39, 0.29) is 29.0 Å². The van der Waals surface area contributed by atoms with Gasteiger partial charge in [0.1, 0.15) is 10.7 Å². The Morgan fingerprint density at radius 2 is 1.48 bits per heavy atom. The summed E-state index contributed by atoms with van der Waals surface area (Å²) in [4.78, 5) is 29.5. The summed E-state index contributed by atoms with van der Waals surface area (Å²) in [7, 11) is 0. The van der Waals surface area contributed by atoms with E-state index in [0.717, 1.165) is 13.1 Å². The van der Waals surface area contributed by atoms with E-state index in [1.165, 1.54) is 0 Å². The van der Waals surface area contributed by atoms with Gasteiger partial charge in [-0.15, -0.1) is 12.4 Å². The summed E-state index contributed by atoms with van der Waals surface area (Å²) >= 11 is 6.24. The average molecular weight is 355 g/mol. The van der Waals surface area contributed by atoms with Crippen molar-refractivity contribution >= 4 is 35.6 Å². The molecule has 0 N–H and O–H groups in total. The van der Waals surface area contributed by atoms with E-state index in [4.69, 9.17) is 11.6 Å². The van der Waals surface area contributed by atoms with Crippen LogP contribution < -0.4 is 0 Å². The SMILES string of the molecule is CC(C)N1CCN(C2=C(Cl)C(=O)c3ccccc3C2=O)CC1.Cl. The molecule has 2 aliphatic rings. The van der Waals surface area contributed by atoms with Crippen molar-refractivity contribution in [2.45, 2.75) is 19.9 Å². The Balaban J connectivity index is 0.00000192. The first-order valence-corrected chi connectivity index (χ1v) is 7.95. The maximum atomic E-state index is 12.7. The van der Waals surface area contributed by atoms with E-state index < -0.39 is 0 Å². The maximum Gasteiger partial charge on any atom is 0.211 e. The van der Waals surface area contributed by atoms with Crippen LogP contribution in [0.15, 0.2) is 35.0 Å². The van der Waals surface area contributed by atoms with Crippen molar-refractivity contribution in [1.29, 1.82) is 0 Å². The maximum absolute atomic E-state index is 12.7. The van der Waals surface area contributed by atoms with Crippen LogP contribution in [-0.4, -0.2) is 53.6 Å². The number of carbonyl (C=O) groups is 2. The minimum atomic E-state index is -0.252. The standard InChI is InChI=1S/C17H19ClN2O2.ClH/c1-11(2)19-7-9-20(10-8-19)15-14(18)16(21)12-5-3-4-6-13(12)17(15)22;/h3-6,11H,7-10H2,1-2H3;1H. The molecule has 0 unspecified atom stereocenters. The lowest BCUT2D eigenvalue weighted by atomic mass is 9.91. The van der Waals surface area contributed by atoms with Gasteiger partial charge in [-0.25, -0.2) is 0 Å². The number of allylic oxidation sites excluding steroid dienone is 2. The number of rotatable bonds is 2. The molecule has 1 aromatic carbocycles. The lowest BCUT2D eigenvalue weighted by molar-refractivity contribution is 0.0887. The van der Waals surface area contributed by atoms with Crippen LogP contribution in [0.5, 0.6) is 0 Å². The Morgan fingerprint density at radius 3 is 2.00 bits per heavy atom. The number of benzene rings is 1. The minimum Gasteiger partial charge on any atom is -0.364 e. The molecule has 1 aliphatic heterocycles. The van der Waals surface area contributed by atoms with Crippen molar-refractivity contribution in [3.05, 3.63) is 46.1 Å². The van der Waals surface area contributed by atoms with E-state index in [0.29, 0.717) is 36.0 Å². The molecule has 1 heterocycles. The normalized spacial score (nSPS) is 19.0. The lowest BCUT2D eigenvalue weighted by Gasteiger charge is -2.39. The summed E-state index contributed by atoms with van der Waals surface area (Å²) in [6, 6.07) is 7.36. The summed E-state index contributed by atoms with van der Waals surface area (Å²) in [5.74, 6) is -0.392. The fraction of sp³-hybridized carbons (Fsp3) is 0.412. The van der Waals surface area contributed by atoms with E-state index in [1.54, 1.807) is 24.3 Å². The molecule has 0 spiro atoms. The van der Waals surface area contributed by atoms with Gasteiger partial charge in [-0.05, 0) is 13.8 Å². The van der Waals surface area contributed by atoms with Gasteiger partial charge in [0.05, 0.1) is 0 Å². The Kier molecular flexibility index (Phi) is 5.50. The van der Waals surface area contributed by atoms with Crippen LogP contribution in [0, 0.1) is 0 Å². The highest BCUT2D eigenvalue weighted by Crippen LogP contribution is 2.31. The van der Waals surface area contributed by atoms with Crippen LogP contribution in [0.1, 0.15) is 34.6 Å². The zero-order valence-corrected chi connectivity index (χ0v) is 14.8. The minimum absolute atomic E-state index is 0. The third-order valence-corrected chi connectivity index (χ3v) is 4.75. The molecule has 0 aromatic heterocycles. The zero-order valence-electron chi connectivity index (χ0n) is 13.2. The van der Waals surface area contributed by atoms with Crippen LogP contribution in [0.2, 0.25) is 0 Å². The van der Waals surface area contributed by atoms with Gasteiger partial charge in [-0.1, -0.05) is 35.9 Å². The fourth-order valence-electron chi connectivity index (χ4n) is 3.08. The second kappa shape index (κ2) is 7.04. The number of fused-ring (bicyclic) bond motifs is 1. The number of carbonyl (C=O) groups excluding carboxylic acids is 2. The molecular formula is C17H20Cl2N2O2. The fourth-order valence-corrected chi connectivity index (χ4v) is 3.38. The van der Waals surface area contributed by atoms with Gasteiger partial charge in [0.15, 0.2) is 0 Å². The molecule has 0 amide bonds. The van der Waals surface area contributed by atoms with Gasteiger partial charge in [-0.2, -0.15) is 0 Å². The van der Waals surface area contributed by atoms with Crippen molar-refractivity contribution in [3.8, 4) is 0 Å². The highest BCUT2D eigenvalue weighted by molar-refractivity contribution is 6.49. The highest BCUT2D eigenvalue weighted by atomic mass is 35.5. The first-order chi connectivity index (χ1) is 10.5. The van der Waals surface area contributed by atoms with Gasteiger partial charge in [-0.3, -0.25) is 14.5 Å². The van der Waals surface area contributed by atoms with E-state index in [9.17, 15) is 9.59 Å². The first kappa shape index (κ1) is 18.0. The second-order valence-electron chi connectivity index (χ2n) is 5.98.